The number of hydrogen-bond acceptors (Lipinski definition) is 3. The highest BCUT2D eigenvalue weighted by Crippen LogP contribution is 2.14. The molecule has 0 saturated carbocycles. The quantitative estimate of drug-likeness (QED) is 0.787. The molecule has 0 aliphatic heterocycles. The fraction of sp³-hybridized carbons (Fsp3) is 0.312. The summed E-state index contributed by atoms with van der Waals surface area (Å²) in [5.41, 5.74) is 1.94. The molecule has 0 radical (unpaired) electrons. The van der Waals surface area contributed by atoms with E-state index in [0.29, 0.717) is 6.61 Å². The van der Waals surface area contributed by atoms with E-state index in [0.717, 1.165) is 30.8 Å². The second-order valence-electron chi connectivity index (χ2n) is 4.62. The Kier molecular flexibility index (Phi) is 5.50. The molecule has 0 atom stereocenters. The molecule has 2 rings (SSSR count). The van der Waals surface area contributed by atoms with E-state index in [4.69, 9.17) is 4.74 Å². The number of nitrogens with one attached hydrogen (secondary N) is 1. The van der Waals surface area contributed by atoms with Gasteiger partial charge in [0.2, 0.25) is 0 Å². The van der Waals surface area contributed by atoms with Gasteiger partial charge in [-0.25, -0.2) is 4.39 Å². The number of halogens is 1. The molecule has 1 heterocycles. The highest BCUT2D eigenvalue weighted by molar-refractivity contribution is 5.27. The van der Waals surface area contributed by atoms with Gasteiger partial charge in [-0.3, -0.25) is 4.98 Å². The van der Waals surface area contributed by atoms with Gasteiger partial charge < -0.3 is 10.1 Å². The maximum atomic E-state index is 13.0. The molecule has 0 amide bonds. The Morgan fingerprint density at radius 2 is 1.95 bits per heavy atom. The molecular formula is C16H19FN2O. The molecule has 2 aromatic rings. The Morgan fingerprint density at radius 3 is 2.65 bits per heavy atom. The predicted octanol–water partition coefficient (Wildman–Crippen LogP) is 3.30. The summed E-state index contributed by atoms with van der Waals surface area (Å²) in [5, 5.41) is 3.34. The number of nitrogens with zero attached hydrogens (tertiary/aromatic N) is 1. The molecule has 0 unspecified atom stereocenters. The molecule has 1 N–H and O–H groups in total. The minimum absolute atomic E-state index is 0.318. The highest BCUT2D eigenvalue weighted by Gasteiger charge is 1.99. The molecule has 20 heavy (non-hydrogen) atoms. The molecule has 0 aliphatic rings. The van der Waals surface area contributed by atoms with Crippen molar-refractivity contribution in [1.82, 2.24) is 10.3 Å². The molecule has 0 aliphatic carbocycles. The van der Waals surface area contributed by atoms with Crippen LogP contribution in [0.25, 0.3) is 0 Å². The van der Waals surface area contributed by atoms with Crippen LogP contribution in [0.5, 0.6) is 5.75 Å². The Hall–Kier alpha value is -1.94. The summed E-state index contributed by atoms with van der Waals surface area (Å²) < 4.78 is 18.6. The van der Waals surface area contributed by atoms with Gasteiger partial charge in [0, 0.05) is 18.3 Å². The lowest BCUT2D eigenvalue weighted by atomic mass is 10.2. The normalized spacial score (nSPS) is 10.5. The number of benzene rings is 1. The van der Waals surface area contributed by atoms with Gasteiger partial charge in [-0.05, 0) is 36.7 Å². The first-order valence-electron chi connectivity index (χ1n) is 6.80. The Bertz CT molecular complexity index is 528. The smallest absolute Gasteiger partial charge is 0.141 e. The molecule has 1 aromatic heterocycles. The van der Waals surface area contributed by atoms with Crippen molar-refractivity contribution in [1.29, 1.82) is 0 Å². The third-order valence-electron chi connectivity index (χ3n) is 2.85. The third kappa shape index (κ3) is 4.63. The molecule has 0 bridgehead atoms. The second-order valence-corrected chi connectivity index (χ2v) is 4.62. The molecular weight excluding hydrogens is 255 g/mol. The highest BCUT2D eigenvalue weighted by atomic mass is 19.1. The number of pyridine rings is 1. The molecule has 3 nitrogen and oxygen atoms in total. The third-order valence-corrected chi connectivity index (χ3v) is 2.85. The zero-order valence-corrected chi connectivity index (χ0v) is 11.6. The topological polar surface area (TPSA) is 34.1 Å². The maximum absolute atomic E-state index is 13.0. The van der Waals surface area contributed by atoms with Crippen molar-refractivity contribution in [3.63, 3.8) is 0 Å². The van der Waals surface area contributed by atoms with Gasteiger partial charge in [-0.2, -0.15) is 0 Å². The van der Waals surface area contributed by atoms with Gasteiger partial charge in [0.25, 0.3) is 0 Å². The fourth-order valence-electron chi connectivity index (χ4n) is 1.81. The summed E-state index contributed by atoms with van der Waals surface area (Å²) in [7, 11) is 0. The Labute approximate surface area is 118 Å². The van der Waals surface area contributed by atoms with E-state index in [1.807, 2.05) is 24.3 Å². The molecule has 0 spiro atoms. The maximum Gasteiger partial charge on any atom is 0.141 e. The molecule has 1 aromatic carbocycles. The van der Waals surface area contributed by atoms with Crippen LogP contribution in [0.3, 0.4) is 0 Å². The fourth-order valence-corrected chi connectivity index (χ4v) is 1.81. The number of rotatable bonds is 7. The van der Waals surface area contributed by atoms with Gasteiger partial charge in [0.15, 0.2) is 0 Å². The van der Waals surface area contributed by atoms with Crippen LogP contribution in [-0.2, 0) is 13.2 Å². The lowest BCUT2D eigenvalue weighted by Crippen LogP contribution is -2.13. The van der Waals surface area contributed by atoms with Crippen molar-refractivity contribution in [3.8, 4) is 5.75 Å². The van der Waals surface area contributed by atoms with Crippen LogP contribution in [0, 0.1) is 5.82 Å². The molecule has 0 fully saturated rings. The van der Waals surface area contributed by atoms with Crippen LogP contribution in [0.4, 0.5) is 4.39 Å². The van der Waals surface area contributed by atoms with Crippen molar-refractivity contribution in [2.24, 2.45) is 0 Å². The largest absolute Gasteiger partial charge is 0.489 e. The van der Waals surface area contributed by atoms with E-state index in [2.05, 4.69) is 17.2 Å². The van der Waals surface area contributed by atoms with E-state index in [1.54, 1.807) is 6.20 Å². The van der Waals surface area contributed by atoms with Crippen LogP contribution in [0.2, 0.25) is 0 Å². The van der Waals surface area contributed by atoms with Crippen LogP contribution in [0.15, 0.2) is 42.7 Å². The van der Waals surface area contributed by atoms with Crippen LogP contribution < -0.4 is 10.1 Å². The summed E-state index contributed by atoms with van der Waals surface area (Å²) in [5.74, 6) is 0.428. The standard InChI is InChI=1S/C16H19FN2O/c1-2-7-18-9-13-3-5-16(6-4-13)20-12-14-8-15(17)11-19-10-14/h3-6,8,10-11,18H,2,7,9,12H2,1H3. The zero-order valence-electron chi connectivity index (χ0n) is 11.6. The van der Waals surface area contributed by atoms with E-state index < -0.39 is 0 Å². The molecule has 106 valence electrons. The van der Waals surface area contributed by atoms with Crippen molar-refractivity contribution in [2.75, 3.05) is 6.54 Å². The van der Waals surface area contributed by atoms with Gasteiger partial charge in [-0.15, -0.1) is 0 Å². The summed E-state index contributed by atoms with van der Waals surface area (Å²) in [4.78, 5) is 3.79. The van der Waals surface area contributed by atoms with Crippen molar-refractivity contribution in [3.05, 3.63) is 59.7 Å². The zero-order chi connectivity index (χ0) is 14.2. The van der Waals surface area contributed by atoms with Crippen molar-refractivity contribution < 1.29 is 9.13 Å². The number of aromatic nitrogens is 1. The Balaban J connectivity index is 1.84. The first-order valence-corrected chi connectivity index (χ1v) is 6.80. The van der Waals surface area contributed by atoms with Gasteiger partial charge >= 0.3 is 0 Å². The van der Waals surface area contributed by atoms with E-state index in [9.17, 15) is 4.39 Å². The molecule has 0 saturated heterocycles. The second kappa shape index (κ2) is 7.60. The van der Waals surface area contributed by atoms with Crippen molar-refractivity contribution >= 4 is 0 Å². The lowest BCUT2D eigenvalue weighted by molar-refractivity contribution is 0.305. The summed E-state index contributed by atoms with van der Waals surface area (Å²) in [6.45, 7) is 4.34. The minimum atomic E-state index is -0.344. The lowest BCUT2D eigenvalue weighted by Gasteiger charge is -2.08. The summed E-state index contributed by atoms with van der Waals surface area (Å²) >= 11 is 0. The SMILES string of the molecule is CCCNCc1ccc(OCc2cncc(F)c2)cc1. The average Bonchev–Trinajstić information content (AvgIpc) is 2.47. The first kappa shape index (κ1) is 14.5. The van der Waals surface area contributed by atoms with E-state index in [1.165, 1.54) is 17.8 Å². The van der Waals surface area contributed by atoms with Crippen LogP contribution in [0.1, 0.15) is 24.5 Å². The van der Waals surface area contributed by atoms with E-state index in [-0.39, 0.29) is 5.82 Å². The minimum Gasteiger partial charge on any atom is -0.489 e. The van der Waals surface area contributed by atoms with E-state index >= 15 is 0 Å². The summed E-state index contributed by atoms with van der Waals surface area (Å²) in [6.07, 6.45) is 3.91. The predicted molar refractivity (Wildman–Crippen MR) is 77.0 cm³/mol. The number of ether oxygens (including phenoxy) is 1. The van der Waals surface area contributed by atoms with Gasteiger partial charge in [-0.1, -0.05) is 19.1 Å². The molecule has 4 heteroatoms. The van der Waals surface area contributed by atoms with Crippen molar-refractivity contribution in [2.45, 2.75) is 26.5 Å². The average molecular weight is 274 g/mol. The summed E-state index contributed by atoms with van der Waals surface area (Å²) in [6, 6.07) is 9.34. The first-order chi connectivity index (χ1) is 9.78. The number of hydrogen-bond donors (Lipinski definition) is 1. The Morgan fingerprint density at radius 1 is 1.15 bits per heavy atom. The van der Waals surface area contributed by atoms with Gasteiger partial charge in [0.1, 0.15) is 18.2 Å². The van der Waals surface area contributed by atoms with Gasteiger partial charge in [0.05, 0.1) is 6.20 Å². The monoisotopic (exact) mass is 274 g/mol. The van der Waals surface area contributed by atoms with Crippen LogP contribution >= 0.6 is 0 Å². The van der Waals surface area contributed by atoms with Crippen LogP contribution in [-0.4, -0.2) is 11.5 Å².